The molecule has 1 unspecified atom stereocenters. The van der Waals surface area contributed by atoms with Crippen molar-refractivity contribution in [2.24, 2.45) is 0 Å². The molecule has 0 bridgehead atoms. The van der Waals surface area contributed by atoms with Crippen LogP contribution in [0.1, 0.15) is 64.7 Å². The van der Waals surface area contributed by atoms with Gasteiger partial charge < -0.3 is 39.1 Å². The van der Waals surface area contributed by atoms with Crippen molar-refractivity contribution in [1.29, 1.82) is 0 Å². The van der Waals surface area contributed by atoms with Crippen LogP contribution < -0.4 is 34.6 Å². The van der Waals surface area contributed by atoms with E-state index in [9.17, 15) is 0 Å². The molecule has 0 amide bonds. The highest BCUT2D eigenvalue weighted by molar-refractivity contribution is 5.53. The fourth-order valence-corrected chi connectivity index (χ4v) is 4.07. The van der Waals surface area contributed by atoms with Gasteiger partial charge in [0.1, 0.15) is 6.04 Å². The molecular weight excluding hydrogens is 433 g/mol. The SMILES string of the molecule is CCCCCCCCCC[N+](C)(C)C1CCN(c2ccc(N)cc2)C1.[I-]. The molecule has 3 nitrogen and oxygen atoms in total. The summed E-state index contributed by atoms with van der Waals surface area (Å²) in [7, 11) is 4.86. The van der Waals surface area contributed by atoms with E-state index >= 15 is 0 Å². The molecule has 1 fully saturated rings. The number of hydrogen-bond donors (Lipinski definition) is 1. The van der Waals surface area contributed by atoms with Crippen LogP contribution in [0.3, 0.4) is 0 Å². The van der Waals surface area contributed by atoms with E-state index in [4.69, 9.17) is 5.73 Å². The zero-order valence-corrected chi connectivity index (χ0v) is 19.4. The van der Waals surface area contributed by atoms with E-state index in [0.717, 1.165) is 11.7 Å². The zero-order valence-electron chi connectivity index (χ0n) is 17.2. The van der Waals surface area contributed by atoms with E-state index in [1.54, 1.807) is 0 Å². The molecule has 2 rings (SSSR count). The summed E-state index contributed by atoms with van der Waals surface area (Å²) in [5.74, 6) is 0. The van der Waals surface area contributed by atoms with Gasteiger partial charge in [-0.1, -0.05) is 45.4 Å². The van der Waals surface area contributed by atoms with Gasteiger partial charge in [0.25, 0.3) is 0 Å². The Morgan fingerprint density at radius 2 is 1.54 bits per heavy atom. The lowest BCUT2D eigenvalue weighted by Crippen LogP contribution is -3.00. The molecule has 0 aliphatic carbocycles. The molecule has 1 aromatic rings. The number of quaternary nitrogens is 1. The molecule has 1 aliphatic rings. The van der Waals surface area contributed by atoms with Gasteiger partial charge in [0.15, 0.2) is 0 Å². The standard InChI is InChI=1S/C22H40N3.HI/c1-4-5-6-7-8-9-10-11-18-25(2,3)22-16-17-24(19-22)21-14-12-20(23)13-15-21;/h12-15,22H,4-11,16-19,23H2,1-3H3;1H/q+1;/p-1. The Balaban J connectivity index is 0.00000338. The van der Waals surface area contributed by atoms with Crippen molar-refractivity contribution >= 4 is 11.4 Å². The van der Waals surface area contributed by atoms with Crippen LogP contribution in [-0.4, -0.2) is 44.3 Å². The smallest absolute Gasteiger partial charge is 0.108 e. The summed E-state index contributed by atoms with van der Waals surface area (Å²) in [6, 6.07) is 9.11. The topological polar surface area (TPSA) is 29.3 Å². The molecule has 1 saturated heterocycles. The molecule has 4 heteroatoms. The van der Waals surface area contributed by atoms with E-state index < -0.39 is 0 Å². The number of likely N-dealkylation sites (N-methyl/N-ethyl adjacent to an activating group) is 1. The number of nitrogens with zero attached hydrogens (tertiary/aromatic N) is 2. The van der Waals surface area contributed by atoms with E-state index in [-0.39, 0.29) is 24.0 Å². The van der Waals surface area contributed by atoms with Gasteiger partial charge in [-0.15, -0.1) is 0 Å². The summed E-state index contributed by atoms with van der Waals surface area (Å²) in [6.07, 6.45) is 12.6. The Bertz CT molecular complexity index is 487. The van der Waals surface area contributed by atoms with Gasteiger partial charge in [0.2, 0.25) is 0 Å². The molecule has 0 saturated carbocycles. The highest BCUT2D eigenvalue weighted by atomic mass is 127. The van der Waals surface area contributed by atoms with Crippen LogP contribution in [0.4, 0.5) is 11.4 Å². The van der Waals surface area contributed by atoms with Crippen molar-refractivity contribution in [3.05, 3.63) is 24.3 Å². The Morgan fingerprint density at radius 3 is 2.15 bits per heavy atom. The minimum absolute atomic E-state index is 0. The summed E-state index contributed by atoms with van der Waals surface area (Å²) in [5.41, 5.74) is 7.99. The molecule has 0 spiro atoms. The lowest BCUT2D eigenvalue weighted by Gasteiger charge is -2.36. The second kappa shape index (κ2) is 12.1. The van der Waals surface area contributed by atoms with Gasteiger partial charge in [-0.3, -0.25) is 0 Å². The first kappa shape index (κ1) is 23.5. The molecule has 2 N–H and O–H groups in total. The molecule has 1 atom stereocenters. The average Bonchev–Trinajstić information content (AvgIpc) is 3.09. The molecule has 1 aromatic carbocycles. The number of unbranched alkanes of at least 4 members (excludes halogenated alkanes) is 7. The largest absolute Gasteiger partial charge is 1.00 e. The number of rotatable bonds is 11. The van der Waals surface area contributed by atoms with Crippen molar-refractivity contribution < 1.29 is 28.5 Å². The Morgan fingerprint density at radius 1 is 0.962 bits per heavy atom. The van der Waals surface area contributed by atoms with Crippen molar-refractivity contribution in [1.82, 2.24) is 0 Å². The van der Waals surface area contributed by atoms with Crippen molar-refractivity contribution in [2.75, 3.05) is 44.4 Å². The molecule has 0 aromatic heterocycles. The second-order valence-electron chi connectivity index (χ2n) is 8.46. The number of benzene rings is 1. The maximum absolute atomic E-state index is 5.81. The molecule has 1 heterocycles. The van der Waals surface area contributed by atoms with Crippen LogP contribution in [0.25, 0.3) is 0 Å². The molecule has 1 aliphatic heterocycles. The van der Waals surface area contributed by atoms with Crippen LogP contribution in [0.15, 0.2) is 24.3 Å². The van der Waals surface area contributed by atoms with Gasteiger partial charge in [-0.2, -0.15) is 0 Å². The number of halogens is 1. The average molecular weight is 473 g/mol. The lowest BCUT2D eigenvalue weighted by atomic mass is 10.1. The Hall–Kier alpha value is -0.490. The number of nitrogen functional groups attached to an aromatic ring is 1. The molecule has 150 valence electrons. The maximum atomic E-state index is 5.81. The number of hydrogen-bond acceptors (Lipinski definition) is 2. The minimum Gasteiger partial charge on any atom is -1.00 e. The number of nitrogens with two attached hydrogens (primary N) is 1. The second-order valence-corrected chi connectivity index (χ2v) is 8.46. The van der Waals surface area contributed by atoms with Gasteiger partial charge >= 0.3 is 0 Å². The third-order valence-corrected chi connectivity index (χ3v) is 6.00. The minimum atomic E-state index is 0. The zero-order chi connectivity index (χ0) is 18.1. The fraction of sp³-hybridized carbons (Fsp3) is 0.727. The van der Waals surface area contributed by atoms with Crippen LogP contribution in [0, 0.1) is 0 Å². The first-order valence-electron chi connectivity index (χ1n) is 10.5. The van der Waals surface area contributed by atoms with Crippen molar-refractivity contribution in [3.8, 4) is 0 Å². The summed E-state index contributed by atoms with van der Waals surface area (Å²) < 4.78 is 1.17. The van der Waals surface area contributed by atoms with Gasteiger partial charge in [-0.05, 0) is 37.1 Å². The third-order valence-electron chi connectivity index (χ3n) is 6.00. The maximum Gasteiger partial charge on any atom is 0.108 e. The predicted molar refractivity (Wildman–Crippen MR) is 111 cm³/mol. The van der Waals surface area contributed by atoms with E-state index in [1.807, 2.05) is 12.1 Å². The van der Waals surface area contributed by atoms with Crippen LogP contribution >= 0.6 is 0 Å². The molecule has 0 radical (unpaired) electrons. The van der Waals surface area contributed by atoms with Crippen molar-refractivity contribution in [2.45, 2.75) is 70.8 Å². The van der Waals surface area contributed by atoms with Crippen LogP contribution in [-0.2, 0) is 0 Å². The monoisotopic (exact) mass is 473 g/mol. The first-order valence-corrected chi connectivity index (χ1v) is 10.5. The summed E-state index contributed by atoms with van der Waals surface area (Å²) in [5, 5.41) is 0. The lowest BCUT2D eigenvalue weighted by molar-refractivity contribution is -0.912. The first-order chi connectivity index (χ1) is 12.0. The fourth-order valence-electron chi connectivity index (χ4n) is 4.07. The Labute approximate surface area is 178 Å². The van der Waals surface area contributed by atoms with Gasteiger partial charge in [-0.25, -0.2) is 0 Å². The summed E-state index contributed by atoms with van der Waals surface area (Å²) >= 11 is 0. The normalized spacial score (nSPS) is 17.3. The Kier molecular flexibility index (Phi) is 10.9. The van der Waals surface area contributed by atoms with E-state index in [2.05, 4.69) is 38.1 Å². The molecule has 26 heavy (non-hydrogen) atoms. The number of anilines is 2. The quantitative estimate of drug-likeness (QED) is 0.231. The summed E-state index contributed by atoms with van der Waals surface area (Å²) in [4.78, 5) is 2.53. The van der Waals surface area contributed by atoms with Crippen LogP contribution in [0.2, 0.25) is 0 Å². The summed E-state index contributed by atoms with van der Waals surface area (Å²) in [6.45, 7) is 5.95. The molecular formula is C22H40IN3. The van der Waals surface area contributed by atoms with Crippen LogP contribution in [0.5, 0.6) is 0 Å². The predicted octanol–water partition coefficient (Wildman–Crippen LogP) is 2.07. The van der Waals surface area contributed by atoms with E-state index in [0.29, 0.717) is 0 Å². The van der Waals surface area contributed by atoms with E-state index in [1.165, 1.54) is 87.6 Å². The third kappa shape index (κ3) is 7.63. The highest BCUT2D eigenvalue weighted by Crippen LogP contribution is 2.26. The highest BCUT2D eigenvalue weighted by Gasteiger charge is 2.34. The van der Waals surface area contributed by atoms with Gasteiger partial charge in [0.05, 0.1) is 27.2 Å². The van der Waals surface area contributed by atoms with Crippen molar-refractivity contribution in [3.63, 3.8) is 0 Å². The van der Waals surface area contributed by atoms with Gasteiger partial charge in [0, 0.05) is 24.3 Å².